The molecule has 0 radical (unpaired) electrons. The summed E-state index contributed by atoms with van der Waals surface area (Å²) in [5.41, 5.74) is 21.2. The molecular weight excluding hydrogens is 576 g/mol. The molecule has 5 rings (SSSR count). The lowest BCUT2D eigenvalue weighted by Crippen LogP contribution is -2.67. The Bertz CT molecular complexity index is 1050. The fourth-order valence-corrected chi connectivity index (χ4v) is 7.15. The topological polar surface area (TPSA) is 263 Å². The van der Waals surface area contributed by atoms with Crippen molar-refractivity contribution < 1.29 is 44.2 Å². The Morgan fingerprint density at radius 2 is 1.77 bits per heavy atom. The lowest BCUT2D eigenvalue weighted by Gasteiger charge is -2.49. The molecule has 44 heavy (non-hydrogen) atoms. The van der Waals surface area contributed by atoms with Crippen molar-refractivity contribution in [3.05, 3.63) is 11.8 Å². The van der Waals surface area contributed by atoms with Gasteiger partial charge in [-0.25, -0.2) is 0 Å². The third-order valence-electron chi connectivity index (χ3n) is 10.1. The minimum absolute atomic E-state index is 0.149. The van der Waals surface area contributed by atoms with Crippen molar-refractivity contribution >= 4 is 5.78 Å². The van der Waals surface area contributed by atoms with E-state index in [1.165, 1.54) is 6.92 Å². The molecule has 15 nitrogen and oxygen atoms in total. The zero-order valence-corrected chi connectivity index (χ0v) is 25.6. The first kappa shape index (κ1) is 34.0. The lowest BCUT2D eigenvalue weighted by molar-refractivity contribution is -0.308. The van der Waals surface area contributed by atoms with E-state index in [0.29, 0.717) is 18.1 Å². The van der Waals surface area contributed by atoms with Crippen LogP contribution < -0.4 is 33.6 Å². The van der Waals surface area contributed by atoms with Gasteiger partial charge in [0.25, 0.3) is 0 Å². The lowest BCUT2D eigenvalue weighted by atomic mass is 9.76. The van der Waals surface area contributed by atoms with Gasteiger partial charge in [-0.3, -0.25) is 4.79 Å². The van der Waals surface area contributed by atoms with Gasteiger partial charge in [-0.1, -0.05) is 0 Å². The van der Waals surface area contributed by atoms with Crippen molar-refractivity contribution in [2.24, 2.45) is 34.8 Å². The maximum absolute atomic E-state index is 13.1. The predicted molar refractivity (Wildman–Crippen MR) is 157 cm³/mol. The number of likely N-dealkylation sites (N-methyl/N-ethyl adjacent to an activating group) is 1. The van der Waals surface area contributed by atoms with E-state index in [9.17, 15) is 25.2 Å². The molecule has 3 aliphatic carbocycles. The number of ether oxygens (including phenoxy) is 4. The Balaban J connectivity index is 1.33. The summed E-state index contributed by atoms with van der Waals surface area (Å²) in [6.45, 7) is 2.30. The molecule has 2 heterocycles. The molecule has 14 N–H and O–H groups in total. The molecule has 3 saturated carbocycles. The fraction of sp³-hybridized carbons (Fsp3) is 0.897. The third kappa shape index (κ3) is 7.00. The van der Waals surface area contributed by atoms with Gasteiger partial charge in [0.05, 0.1) is 31.3 Å². The number of Topliss-reactive ketones (excluding diaryl/α,β-unsaturated/α-hetero) is 1. The van der Waals surface area contributed by atoms with Crippen LogP contribution in [0.3, 0.4) is 0 Å². The first-order valence-electron chi connectivity index (χ1n) is 15.8. The van der Waals surface area contributed by atoms with Crippen LogP contribution in [0.1, 0.15) is 45.4 Å². The molecule has 13 atom stereocenters. The molecule has 15 heteroatoms. The minimum atomic E-state index is -1.62. The smallest absolute Gasteiger partial charge is 0.215 e. The average Bonchev–Trinajstić information content (AvgIpc) is 3.59. The number of aliphatic hydroxyl groups is 4. The Kier molecular flexibility index (Phi) is 10.4. The molecule has 5 aliphatic rings. The van der Waals surface area contributed by atoms with Gasteiger partial charge in [0.1, 0.15) is 35.3 Å². The summed E-state index contributed by atoms with van der Waals surface area (Å²) in [6, 6.07) is -2.19. The average molecular weight is 629 g/mol. The minimum Gasteiger partial charge on any atom is -0.467 e. The molecule has 0 amide bonds. The maximum Gasteiger partial charge on any atom is 0.215 e. The quantitative estimate of drug-likeness (QED) is 0.0994. The number of ketones is 1. The Morgan fingerprint density at radius 3 is 2.39 bits per heavy atom. The number of hydrogen-bond acceptors (Lipinski definition) is 15. The van der Waals surface area contributed by atoms with Crippen molar-refractivity contribution in [2.45, 2.75) is 124 Å². The number of rotatable bonds is 12. The number of hydrogen-bond donors (Lipinski definition) is 10. The van der Waals surface area contributed by atoms with E-state index in [4.69, 9.17) is 41.9 Å². The SMILES string of the molecule is CN[C@@H]1[C@@H](O)[C@@H](O[C@H]2[C@H](CC(=O)C3(O)CC3N)C[C@H](N)C(O[C@H]3OC(CN)=CC[C@H]3NCC3CC(N)C3)[C@@H]2O)OC[C@]1(C)O. The van der Waals surface area contributed by atoms with E-state index < -0.39 is 78.0 Å². The Morgan fingerprint density at radius 1 is 1.09 bits per heavy atom. The number of nitrogens with two attached hydrogens (primary N) is 4. The van der Waals surface area contributed by atoms with Crippen LogP contribution in [0.2, 0.25) is 0 Å². The van der Waals surface area contributed by atoms with Gasteiger partial charge >= 0.3 is 0 Å². The molecule has 3 unspecified atom stereocenters. The molecule has 0 aromatic rings. The van der Waals surface area contributed by atoms with Gasteiger partial charge in [-0.05, 0) is 64.1 Å². The van der Waals surface area contributed by atoms with Gasteiger partial charge in [0.15, 0.2) is 12.1 Å². The van der Waals surface area contributed by atoms with Crippen molar-refractivity contribution in [3.63, 3.8) is 0 Å². The highest BCUT2D eigenvalue weighted by Gasteiger charge is 2.58. The van der Waals surface area contributed by atoms with Gasteiger partial charge in [0.2, 0.25) is 6.29 Å². The van der Waals surface area contributed by atoms with Crippen LogP contribution in [0.15, 0.2) is 11.8 Å². The highest BCUT2D eigenvalue weighted by atomic mass is 16.7. The van der Waals surface area contributed by atoms with Gasteiger partial charge in [-0.15, -0.1) is 0 Å². The highest BCUT2D eigenvalue weighted by molar-refractivity contribution is 5.91. The molecule has 0 bridgehead atoms. The van der Waals surface area contributed by atoms with Crippen LogP contribution in [0, 0.1) is 11.8 Å². The third-order valence-corrected chi connectivity index (χ3v) is 10.1. The molecule has 1 saturated heterocycles. The van der Waals surface area contributed by atoms with Gasteiger partial charge < -0.3 is 72.9 Å². The molecule has 0 aromatic carbocycles. The number of carbonyl (C=O) groups is 1. The summed E-state index contributed by atoms with van der Waals surface area (Å²) in [7, 11) is 1.60. The summed E-state index contributed by atoms with van der Waals surface area (Å²) < 4.78 is 24.4. The van der Waals surface area contributed by atoms with Crippen molar-refractivity contribution in [2.75, 3.05) is 26.7 Å². The number of carbonyl (C=O) groups excluding carboxylic acids is 1. The second-order valence-corrected chi connectivity index (χ2v) is 13.7. The summed E-state index contributed by atoms with van der Waals surface area (Å²) in [4.78, 5) is 13.1. The van der Waals surface area contributed by atoms with Crippen LogP contribution >= 0.6 is 0 Å². The first-order valence-corrected chi connectivity index (χ1v) is 15.8. The summed E-state index contributed by atoms with van der Waals surface area (Å²) in [5.74, 6) is -0.0924. The fourth-order valence-electron chi connectivity index (χ4n) is 7.15. The summed E-state index contributed by atoms with van der Waals surface area (Å²) in [6.07, 6.45) is -2.21. The second kappa shape index (κ2) is 13.4. The zero-order chi connectivity index (χ0) is 32.0. The summed E-state index contributed by atoms with van der Waals surface area (Å²) in [5, 5.41) is 50.5. The predicted octanol–water partition coefficient (Wildman–Crippen LogP) is -3.77. The van der Waals surface area contributed by atoms with Gasteiger partial charge in [-0.2, -0.15) is 0 Å². The van der Waals surface area contributed by atoms with Crippen molar-refractivity contribution in [1.29, 1.82) is 0 Å². The maximum atomic E-state index is 13.1. The highest BCUT2D eigenvalue weighted by Crippen LogP contribution is 2.41. The molecule has 0 spiro atoms. The molecular formula is C29H52N6O9. The van der Waals surface area contributed by atoms with Crippen molar-refractivity contribution in [3.8, 4) is 0 Å². The van der Waals surface area contributed by atoms with Crippen LogP contribution in [0.5, 0.6) is 0 Å². The van der Waals surface area contributed by atoms with Gasteiger partial charge in [0, 0.05) is 31.0 Å². The Labute approximate surface area is 257 Å². The van der Waals surface area contributed by atoms with E-state index >= 15 is 0 Å². The summed E-state index contributed by atoms with van der Waals surface area (Å²) >= 11 is 0. The second-order valence-electron chi connectivity index (χ2n) is 13.7. The van der Waals surface area contributed by atoms with Crippen LogP contribution in [-0.2, 0) is 23.7 Å². The van der Waals surface area contributed by atoms with E-state index in [2.05, 4.69) is 10.6 Å². The standard InChI is InChI=1S/C29H52N6O9/c1-28(39)12-41-27(22(38)25(28)34-2)43-23-14(8-20(36)29(40)9-19(29)33)7-17(32)24(21(23)37)44-26-18(4-3-16(10-30)42-26)35-11-13-5-15(31)6-13/h3,13-15,17-19,21-27,34-35,37-40H,4-12,30-33H2,1-2H3/t13?,14-,15?,17-,18+,19?,21+,22+,23-,24?,25+,26+,27+,28-,29?/m0/s1. The van der Waals surface area contributed by atoms with E-state index in [0.717, 1.165) is 19.4 Å². The Hall–Kier alpha value is -1.31. The normalized spacial score (nSPS) is 49.0. The van der Waals surface area contributed by atoms with E-state index in [1.807, 2.05) is 6.08 Å². The molecule has 252 valence electrons. The zero-order valence-electron chi connectivity index (χ0n) is 25.6. The molecule has 2 aliphatic heterocycles. The van der Waals surface area contributed by atoms with Crippen LogP contribution in [-0.4, -0.2) is 131 Å². The first-order chi connectivity index (χ1) is 20.8. The monoisotopic (exact) mass is 628 g/mol. The number of aliphatic hydroxyl groups excluding tert-OH is 2. The van der Waals surface area contributed by atoms with Crippen LogP contribution in [0.4, 0.5) is 0 Å². The van der Waals surface area contributed by atoms with E-state index in [1.54, 1.807) is 7.05 Å². The largest absolute Gasteiger partial charge is 0.467 e. The number of nitrogens with one attached hydrogen (secondary N) is 2. The van der Waals surface area contributed by atoms with Crippen molar-refractivity contribution in [1.82, 2.24) is 10.6 Å². The van der Waals surface area contributed by atoms with E-state index in [-0.39, 0.29) is 44.5 Å². The molecule has 0 aromatic heterocycles. The van der Waals surface area contributed by atoms with Crippen LogP contribution in [0.25, 0.3) is 0 Å². The molecule has 4 fully saturated rings.